The van der Waals surface area contributed by atoms with Crippen molar-refractivity contribution >= 4 is 0 Å². The van der Waals surface area contributed by atoms with Gasteiger partial charge in [0.05, 0.1) is 0 Å². The van der Waals surface area contributed by atoms with E-state index < -0.39 is 0 Å². The van der Waals surface area contributed by atoms with Crippen LogP contribution in [0.15, 0.2) is 0 Å². The Labute approximate surface area is 157 Å². The summed E-state index contributed by atoms with van der Waals surface area (Å²) in [5, 5.41) is 0. The Morgan fingerprint density at radius 1 is 0.600 bits per heavy atom. The van der Waals surface area contributed by atoms with Crippen LogP contribution >= 0.6 is 0 Å². The lowest BCUT2D eigenvalue weighted by molar-refractivity contribution is -0.0905. The molecule has 25 heavy (non-hydrogen) atoms. The molecule has 4 fully saturated rings. The molecule has 0 N–H and O–H groups in total. The molecule has 0 bridgehead atoms. The molecule has 0 aromatic rings. The van der Waals surface area contributed by atoms with Crippen molar-refractivity contribution in [2.24, 2.45) is 41.4 Å². The molecule has 7 unspecified atom stereocenters. The van der Waals surface area contributed by atoms with Crippen LogP contribution in [-0.4, -0.2) is 0 Å². The summed E-state index contributed by atoms with van der Waals surface area (Å²) in [6, 6.07) is 0. The first-order valence-electron chi connectivity index (χ1n) is 12.4. The van der Waals surface area contributed by atoms with E-state index in [2.05, 4.69) is 6.92 Å². The van der Waals surface area contributed by atoms with Crippen LogP contribution in [0.4, 0.5) is 0 Å². The summed E-state index contributed by atoms with van der Waals surface area (Å²) in [6.07, 6.45) is 26.4. The van der Waals surface area contributed by atoms with Gasteiger partial charge in [0.25, 0.3) is 0 Å². The molecule has 0 spiro atoms. The number of unbranched alkanes of at least 4 members (excludes halogenated alkanes) is 5. The van der Waals surface area contributed by atoms with E-state index in [-0.39, 0.29) is 0 Å². The minimum Gasteiger partial charge on any atom is -0.0654 e. The van der Waals surface area contributed by atoms with E-state index in [1.165, 1.54) is 38.0 Å². The van der Waals surface area contributed by atoms with E-state index in [1.54, 1.807) is 77.0 Å². The SMILES string of the molecule is CCCCCCCCC1CCC2CCCC3C4CCCCC4CC1C23. The predicted octanol–water partition coefficient (Wildman–Crippen LogP) is 8.01. The van der Waals surface area contributed by atoms with Crippen molar-refractivity contribution in [1.29, 1.82) is 0 Å². The molecule has 144 valence electrons. The maximum absolute atomic E-state index is 2.33. The molecule has 7 atom stereocenters. The summed E-state index contributed by atoms with van der Waals surface area (Å²) in [5.41, 5.74) is 0. The number of rotatable bonds is 7. The topological polar surface area (TPSA) is 0 Å². The average molecular weight is 345 g/mol. The van der Waals surface area contributed by atoms with Crippen LogP contribution in [0, 0.1) is 41.4 Å². The third-order valence-corrected chi connectivity index (χ3v) is 9.18. The standard InChI is InChI=1S/C25H44/c1-2-3-4-5-6-7-11-19-16-17-20-13-10-15-23-22-14-9-8-12-21(22)18-24(19)25(20)23/h19-25H,2-18H2,1H3. The van der Waals surface area contributed by atoms with Crippen molar-refractivity contribution < 1.29 is 0 Å². The normalized spacial score (nSPS) is 43.3. The molecule has 4 saturated carbocycles. The Bertz CT molecular complexity index is 399. The maximum atomic E-state index is 2.33. The lowest BCUT2D eigenvalue weighted by Gasteiger charge is -2.58. The molecule has 0 heteroatoms. The molecule has 0 aromatic carbocycles. The van der Waals surface area contributed by atoms with Crippen LogP contribution in [0.2, 0.25) is 0 Å². The van der Waals surface area contributed by atoms with E-state index in [1.807, 2.05) is 0 Å². The van der Waals surface area contributed by atoms with Gasteiger partial charge in [0.15, 0.2) is 0 Å². The van der Waals surface area contributed by atoms with E-state index in [4.69, 9.17) is 0 Å². The van der Waals surface area contributed by atoms with Gasteiger partial charge in [-0.25, -0.2) is 0 Å². The van der Waals surface area contributed by atoms with Crippen LogP contribution < -0.4 is 0 Å². The Hall–Kier alpha value is 0. The lowest BCUT2D eigenvalue weighted by atomic mass is 9.47. The van der Waals surface area contributed by atoms with Crippen molar-refractivity contribution in [3.8, 4) is 0 Å². The van der Waals surface area contributed by atoms with Crippen molar-refractivity contribution in [3.63, 3.8) is 0 Å². The number of fused-ring (bicyclic) bond motifs is 2. The van der Waals surface area contributed by atoms with Crippen LogP contribution in [0.25, 0.3) is 0 Å². The molecule has 0 saturated heterocycles. The van der Waals surface area contributed by atoms with Crippen LogP contribution in [0.5, 0.6) is 0 Å². The van der Waals surface area contributed by atoms with Gasteiger partial charge in [-0.05, 0) is 73.5 Å². The first-order chi connectivity index (χ1) is 12.4. The van der Waals surface area contributed by atoms with Crippen molar-refractivity contribution in [2.45, 2.75) is 116 Å². The summed E-state index contributed by atoms with van der Waals surface area (Å²) in [4.78, 5) is 0. The zero-order valence-electron chi connectivity index (χ0n) is 17.1. The molecule has 4 aliphatic carbocycles. The first-order valence-corrected chi connectivity index (χ1v) is 12.4. The first kappa shape index (κ1) is 18.4. The number of hydrogen-bond acceptors (Lipinski definition) is 0. The predicted molar refractivity (Wildman–Crippen MR) is 109 cm³/mol. The minimum atomic E-state index is 1.12. The van der Waals surface area contributed by atoms with Gasteiger partial charge in [0.2, 0.25) is 0 Å². The van der Waals surface area contributed by atoms with Gasteiger partial charge in [0.1, 0.15) is 0 Å². The summed E-state index contributed by atoms with van der Waals surface area (Å²) in [7, 11) is 0. The van der Waals surface area contributed by atoms with Crippen molar-refractivity contribution in [1.82, 2.24) is 0 Å². The van der Waals surface area contributed by atoms with Gasteiger partial charge < -0.3 is 0 Å². The van der Waals surface area contributed by atoms with Gasteiger partial charge in [-0.1, -0.05) is 84.0 Å². The third kappa shape index (κ3) is 3.98. The second-order valence-corrected chi connectivity index (χ2v) is 10.4. The highest BCUT2D eigenvalue weighted by atomic mass is 14.6. The van der Waals surface area contributed by atoms with E-state index in [0.717, 1.165) is 35.5 Å². The fraction of sp³-hybridized carbons (Fsp3) is 1.00. The number of hydrogen-bond donors (Lipinski definition) is 0. The molecule has 0 amide bonds. The molecule has 4 rings (SSSR count). The molecular weight excluding hydrogens is 300 g/mol. The quantitative estimate of drug-likeness (QED) is 0.410. The molecule has 4 aliphatic rings. The minimum absolute atomic E-state index is 1.12. The summed E-state index contributed by atoms with van der Waals surface area (Å²) >= 11 is 0. The Kier molecular flexibility index (Phi) is 6.46. The van der Waals surface area contributed by atoms with Crippen molar-refractivity contribution in [3.05, 3.63) is 0 Å². The van der Waals surface area contributed by atoms with E-state index >= 15 is 0 Å². The third-order valence-electron chi connectivity index (χ3n) is 9.18. The lowest BCUT2D eigenvalue weighted by Crippen LogP contribution is -2.50. The Balaban J connectivity index is 1.36. The molecule has 0 heterocycles. The molecule has 0 nitrogen and oxygen atoms in total. The zero-order chi connectivity index (χ0) is 17.1. The molecule has 0 aromatic heterocycles. The van der Waals surface area contributed by atoms with Crippen LogP contribution in [-0.2, 0) is 0 Å². The summed E-state index contributed by atoms with van der Waals surface area (Å²) in [6.45, 7) is 2.33. The van der Waals surface area contributed by atoms with Gasteiger partial charge in [-0.15, -0.1) is 0 Å². The highest BCUT2D eigenvalue weighted by Crippen LogP contribution is 2.60. The monoisotopic (exact) mass is 344 g/mol. The average Bonchev–Trinajstić information content (AvgIpc) is 2.66. The molecule has 0 radical (unpaired) electrons. The fourth-order valence-electron chi connectivity index (χ4n) is 8.15. The molecule has 0 aliphatic heterocycles. The summed E-state index contributed by atoms with van der Waals surface area (Å²) < 4.78 is 0. The van der Waals surface area contributed by atoms with Crippen LogP contribution in [0.1, 0.15) is 116 Å². The molecular formula is C25H44. The zero-order valence-corrected chi connectivity index (χ0v) is 17.1. The Morgan fingerprint density at radius 3 is 2.28 bits per heavy atom. The second kappa shape index (κ2) is 8.79. The second-order valence-electron chi connectivity index (χ2n) is 10.4. The van der Waals surface area contributed by atoms with Gasteiger partial charge in [-0.3, -0.25) is 0 Å². The van der Waals surface area contributed by atoms with Gasteiger partial charge in [0, 0.05) is 0 Å². The van der Waals surface area contributed by atoms with Gasteiger partial charge in [-0.2, -0.15) is 0 Å². The van der Waals surface area contributed by atoms with E-state index in [9.17, 15) is 0 Å². The van der Waals surface area contributed by atoms with Crippen molar-refractivity contribution in [2.75, 3.05) is 0 Å². The van der Waals surface area contributed by atoms with Gasteiger partial charge >= 0.3 is 0 Å². The summed E-state index contributed by atoms with van der Waals surface area (Å²) in [5.74, 6) is 8.05. The fourth-order valence-corrected chi connectivity index (χ4v) is 8.15. The smallest absolute Gasteiger partial charge is 0.0324 e. The maximum Gasteiger partial charge on any atom is -0.0324 e. The highest BCUT2D eigenvalue weighted by Gasteiger charge is 2.52. The highest BCUT2D eigenvalue weighted by molar-refractivity contribution is 5.01. The van der Waals surface area contributed by atoms with E-state index in [0.29, 0.717) is 0 Å². The van der Waals surface area contributed by atoms with Crippen LogP contribution in [0.3, 0.4) is 0 Å². The Morgan fingerprint density at radius 2 is 1.36 bits per heavy atom. The largest absolute Gasteiger partial charge is 0.0654 e.